The molecule has 0 aliphatic heterocycles. The van der Waals surface area contributed by atoms with Crippen LogP contribution >= 0.6 is 0 Å². The molecular weight excluding hydrogens is 386 g/mol. The molecule has 1 aromatic heterocycles. The number of hydrogen-bond donors (Lipinski definition) is 1. The van der Waals surface area contributed by atoms with Crippen molar-refractivity contribution >= 4 is 17.3 Å². The fourth-order valence-corrected chi connectivity index (χ4v) is 3.40. The summed E-state index contributed by atoms with van der Waals surface area (Å²) in [6, 6.07) is 17.4. The third-order valence-corrected chi connectivity index (χ3v) is 5.06. The van der Waals surface area contributed by atoms with Crippen molar-refractivity contribution in [2.24, 2.45) is 0 Å². The van der Waals surface area contributed by atoms with Gasteiger partial charge in [-0.25, -0.2) is 4.98 Å². The Morgan fingerprint density at radius 3 is 2.68 bits per heavy atom. The smallest absolute Gasteiger partial charge is 0.243 e. The molecule has 1 N–H and O–H groups in total. The Morgan fingerprint density at radius 2 is 2.00 bits per heavy atom. The molecule has 6 heteroatoms. The van der Waals surface area contributed by atoms with Crippen molar-refractivity contribution in [1.29, 1.82) is 5.26 Å². The number of benzene rings is 2. The van der Waals surface area contributed by atoms with E-state index in [-0.39, 0.29) is 12.5 Å². The van der Waals surface area contributed by atoms with Gasteiger partial charge in [0.25, 0.3) is 0 Å². The van der Waals surface area contributed by atoms with Gasteiger partial charge in [-0.2, -0.15) is 5.26 Å². The molecule has 0 unspecified atom stereocenters. The second kappa shape index (κ2) is 10.4. The molecule has 3 aromatic rings. The van der Waals surface area contributed by atoms with Gasteiger partial charge >= 0.3 is 0 Å². The lowest BCUT2D eigenvalue weighted by molar-refractivity contribution is -0.115. The summed E-state index contributed by atoms with van der Waals surface area (Å²) in [6.45, 7) is 7.94. The highest BCUT2D eigenvalue weighted by molar-refractivity contribution is 5.94. The Hall–Kier alpha value is -3.59. The summed E-state index contributed by atoms with van der Waals surface area (Å²) in [4.78, 5) is 19.3. The lowest BCUT2D eigenvalue weighted by atomic mass is 10.0. The molecule has 6 nitrogen and oxygen atoms in total. The first-order chi connectivity index (χ1) is 15.0. The Bertz CT molecular complexity index is 1050. The first-order valence-electron chi connectivity index (χ1n) is 10.6. The molecule has 2 aromatic carbocycles. The Labute approximate surface area is 184 Å². The number of nitrogens with one attached hydrogen (secondary N) is 1. The van der Waals surface area contributed by atoms with E-state index in [2.05, 4.69) is 41.7 Å². The van der Waals surface area contributed by atoms with Crippen LogP contribution in [0.25, 0.3) is 0 Å². The first-order valence-corrected chi connectivity index (χ1v) is 10.6. The molecule has 31 heavy (non-hydrogen) atoms. The van der Waals surface area contributed by atoms with E-state index in [4.69, 9.17) is 0 Å². The van der Waals surface area contributed by atoms with Crippen LogP contribution in [0.4, 0.5) is 11.4 Å². The van der Waals surface area contributed by atoms with Gasteiger partial charge < -0.3 is 14.8 Å². The molecule has 0 fully saturated rings. The van der Waals surface area contributed by atoms with Gasteiger partial charge in [-0.15, -0.1) is 0 Å². The maximum atomic E-state index is 12.8. The van der Waals surface area contributed by atoms with E-state index < -0.39 is 0 Å². The molecule has 0 spiro atoms. The van der Waals surface area contributed by atoms with E-state index in [1.165, 1.54) is 5.56 Å². The van der Waals surface area contributed by atoms with Gasteiger partial charge in [0, 0.05) is 24.1 Å². The highest BCUT2D eigenvalue weighted by Gasteiger charge is 2.15. The summed E-state index contributed by atoms with van der Waals surface area (Å²) in [5, 5.41) is 12.2. The number of nitrogens with zero attached hydrogens (tertiary/aromatic N) is 4. The fourth-order valence-electron chi connectivity index (χ4n) is 3.40. The number of rotatable bonds is 9. The standard InChI is InChI=1S/C25H29N5O/c1-4-12-29-15-23(27-18-29)16-30(24-7-5-6-20(13-24)14-26)17-25(31)28-22-10-8-21(9-11-22)19(2)3/h5-11,13,15,18-19H,4,12,16-17H2,1-3H3,(H,28,31). The fraction of sp³-hybridized carbons (Fsp3) is 0.320. The minimum atomic E-state index is -0.118. The molecular formula is C25H29N5O. The zero-order valence-corrected chi connectivity index (χ0v) is 18.4. The van der Waals surface area contributed by atoms with Crippen LogP contribution in [0.2, 0.25) is 0 Å². The van der Waals surface area contributed by atoms with Gasteiger partial charge in [-0.3, -0.25) is 4.79 Å². The van der Waals surface area contributed by atoms with Gasteiger partial charge in [-0.1, -0.05) is 39.0 Å². The van der Waals surface area contributed by atoms with Crippen molar-refractivity contribution in [3.8, 4) is 6.07 Å². The highest BCUT2D eigenvalue weighted by atomic mass is 16.2. The Balaban J connectivity index is 1.76. The number of amides is 1. The molecule has 1 amide bonds. The number of aromatic nitrogens is 2. The van der Waals surface area contributed by atoms with E-state index in [1.54, 1.807) is 12.1 Å². The number of anilines is 2. The van der Waals surface area contributed by atoms with Crippen molar-refractivity contribution in [1.82, 2.24) is 9.55 Å². The van der Waals surface area contributed by atoms with E-state index in [0.717, 1.165) is 30.0 Å². The Morgan fingerprint density at radius 1 is 1.23 bits per heavy atom. The van der Waals surface area contributed by atoms with Crippen molar-refractivity contribution in [3.05, 3.63) is 77.9 Å². The van der Waals surface area contributed by atoms with Gasteiger partial charge in [0.2, 0.25) is 5.91 Å². The zero-order chi connectivity index (χ0) is 22.2. The van der Waals surface area contributed by atoms with Crippen molar-refractivity contribution in [2.45, 2.75) is 46.2 Å². The summed E-state index contributed by atoms with van der Waals surface area (Å²) >= 11 is 0. The minimum Gasteiger partial charge on any atom is -0.356 e. The largest absolute Gasteiger partial charge is 0.356 e. The van der Waals surface area contributed by atoms with Crippen LogP contribution in [0, 0.1) is 11.3 Å². The van der Waals surface area contributed by atoms with E-state index >= 15 is 0 Å². The van der Waals surface area contributed by atoms with Crippen molar-refractivity contribution in [3.63, 3.8) is 0 Å². The SMILES string of the molecule is CCCn1cnc(CN(CC(=O)Nc2ccc(C(C)C)cc2)c2cccc(C#N)c2)c1. The second-order valence-corrected chi connectivity index (χ2v) is 7.95. The number of carbonyl (C=O) groups excluding carboxylic acids is 1. The predicted molar refractivity (Wildman–Crippen MR) is 124 cm³/mol. The quantitative estimate of drug-likeness (QED) is 0.537. The van der Waals surface area contributed by atoms with Crippen LogP contribution in [0.5, 0.6) is 0 Å². The molecule has 0 radical (unpaired) electrons. The Kier molecular flexibility index (Phi) is 7.45. The maximum absolute atomic E-state index is 12.8. The molecule has 0 atom stereocenters. The summed E-state index contributed by atoms with van der Waals surface area (Å²) in [5.74, 6) is 0.327. The van der Waals surface area contributed by atoms with Crippen LogP contribution in [-0.4, -0.2) is 22.0 Å². The van der Waals surface area contributed by atoms with Crippen molar-refractivity contribution in [2.75, 3.05) is 16.8 Å². The average Bonchev–Trinajstić information content (AvgIpc) is 3.21. The van der Waals surface area contributed by atoms with Crippen LogP contribution in [0.1, 0.15) is 49.9 Å². The van der Waals surface area contributed by atoms with Crippen LogP contribution in [0.15, 0.2) is 61.1 Å². The molecule has 1 heterocycles. The van der Waals surface area contributed by atoms with E-state index in [1.807, 2.05) is 53.8 Å². The molecule has 0 bridgehead atoms. The molecule has 0 saturated heterocycles. The van der Waals surface area contributed by atoms with Crippen LogP contribution < -0.4 is 10.2 Å². The van der Waals surface area contributed by atoms with Gasteiger partial charge in [0.05, 0.1) is 36.7 Å². The third kappa shape index (κ3) is 6.19. The summed E-state index contributed by atoms with van der Waals surface area (Å²) < 4.78 is 2.05. The summed E-state index contributed by atoms with van der Waals surface area (Å²) in [5.41, 5.74) is 4.26. The normalized spacial score (nSPS) is 10.7. The topological polar surface area (TPSA) is 74.0 Å². The number of imidazole rings is 1. The monoisotopic (exact) mass is 415 g/mol. The predicted octanol–water partition coefficient (Wildman–Crippen LogP) is 4.93. The molecule has 160 valence electrons. The van der Waals surface area contributed by atoms with Crippen LogP contribution in [0.3, 0.4) is 0 Å². The second-order valence-electron chi connectivity index (χ2n) is 7.95. The molecule has 0 aliphatic rings. The number of nitriles is 1. The van der Waals surface area contributed by atoms with Gasteiger partial charge in [0.1, 0.15) is 0 Å². The van der Waals surface area contributed by atoms with Crippen LogP contribution in [-0.2, 0) is 17.9 Å². The van der Waals surface area contributed by atoms with E-state index in [0.29, 0.717) is 18.0 Å². The average molecular weight is 416 g/mol. The van der Waals surface area contributed by atoms with Gasteiger partial charge in [0.15, 0.2) is 0 Å². The number of hydrogen-bond acceptors (Lipinski definition) is 4. The summed E-state index contributed by atoms with van der Waals surface area (Å²) in [6.07, 6.45) is 4.86. The lowest BCUT2D eigenvalue weighted by Crippen LogP contribution is -2.33. The molecule has 3 rings (SSSR count). The number of carbonyl (C=O) groups is 1. The van der Waals surface area contributed by atoms with E-state index in [9.17, 15) is 10.1 Å². The molecule has 0 aliphatic carbocycles. The van der Waals surface area contributed by atoms with Gasteiger partial charge in [-0.05, 0) is 48.2 Å². The summed E-state index contributed by atoms with van der Waals surface area (Å²) in [7, 11) is 0. The van der Waals surface area contributed by atoms with Crippen molar-refractivity contribution < 1.29 is 4.79 Å². The lowest BCUT2D eigenvalue weighted by Gasteiger charge is -2.23. The number of aryl methyl sites for hydroxylation is 1. The maximum Gasteiger partial charge on any atom is 0.243 e. The first kappa shape index (κ1) is 22.1. The molecule has 0 saturated carbocycles. The zero-order valence-electron chi connectivity index (χ0n) is 18.4. The highest BCUT2D eigenvalue weighted by Crippen LogP contribution is 2.20. The third-order valence-electron chi connectivity index (χ3n) is 5.06. The minimum absolute atomic E-state index is 0.118.